The largest absolute Gasteiger partial charge is 0.508 e. The van der Waals surface area contributed by atoms with Crippen molar-refractivity contribution in [1.29, 1.82) is 0 Å². The van der Waals surface area contributed by atoms with E-state index >= 15 is 0 Å². The van der Waals surface area contributed by atoms with E-state index in [2.05, 4.69) is 4.98 Å². The molecule has 1 saturated heterocycles. The van der Waals surface area contributed by atoms with Crippen LogP contribution in [0.1, 0.15) is 28.3 Å². The average molecular weight is 418 g/mol. The summed E-state index contributed by atoms with van der Waals surface area (Å²) in [5.74, 6) is -2.72. The van der Waals surface area contributed by atoms with Gasteiger partial charge in [0.1, 0.15) is 17.3 Å². The van der Waals surface area contributed by atoms with E-state index in [0.29, 0.717) is 11.1 Å². The molecule has 1 fully saturated rings. The van der Waals surface area contributed by atoms with E-state index < -0.39 is 29.3 Å². The van der Waals surface area contributed by atoms with Gasteiger partial charge in [-0.1, -0.05) is 24.3 Å². The number of carbonyl (C=O) groups is 2. The molecule has 2 N–H and O–H groups in total. The van der Waals surface area contributed by atoms with E-state index in [1.807, 2.05) is 0 Å². The van der Waals surface area contributed by atoms with Gasteiger partial charge in [0.2, 0.25) is 0 Å². The number of aliphatic hydroxyl groups excluding tert-OH is 1. The number of Topliss-reactive ketones (excluding diaryl/α,β-unsaturated/α-hetero) is 1. The number of ketones is 1. The maximum Gasteiger partial charge on any atom is 0.295 e. The molecule has 1 aliphatic rings. The van der Waals surface area contributed by atoms with Crippen LogP contribution in [0.3, 0.4) is 0 Å². The molecule has 0 bridgehead atoms. The average Bonchev–Trinajstić information content (AvgIpc) is 3.01. The summed E-state index contributed by atoms with van der Waals surface area (Å²) in [6.45, 7) is 1.67. The summed E-state index contributed by atoms with van der Waals surface area (Å²) in [6.07, 6.45) is 3.15. The highest BCUT2D eigenvalue weighted by atomic mass is 19.1. The summed E-state index contributed by atoms with van der Waals surface area (Å²) in [6, 6.07) is 12.7. The van der Waals surface area contributed by atoms with Crippen LogP contribution in [0.2, 0.25) is 0 Å². The Morgan fingerprint density at radius 1 is 1.10 bits per heavy atom. The van der Waals surface area contributed by atoms with E-state index in [-0.39, 0.29) is 23.4 Å². The summed E-state index contributed by atoms with van der Waals surface area (Å²) in [7, 11) is 0. The molecule has 1 amide bonds. The first kappa shape index (κ1) is 20.3. The van der Waals surface area contributed by atoms with Crippen LogP contribution in [0.5, 0.6) is 5.75 Å². The minimum absolute atomic E-state index is 0.0478. The molecule has 156 valence electrons. The Kier molecular flexibility index (Phi) is 5.25. The summed E-state index contributed by atoms with van der Waals surface area (Å²) in [4.78, 5) is 31.2. The number of hydrogen-bond donors (Lipinski definition) is 2. The number of carbonyl (C=O) groups excluding carboxylic acids is 2. The highest BCUT2D eigenvalue weighted by molar-refractivity contribution is 6.46. The van der Waals surface area contributed by atoms with Crippen LogP contribution in [-0.4, -0.2) is 31.8 Å². The third kappa shape index (κ3) is 3.77. The molecular formula is C24H19FN2O4. The molecule has 1 unspecified atom stereocenters. The molecular weight excluding hydrogens is 399 g/mol. The molecule has 1 aliphatic heterocycles. The van der Waals surface area contributed by atoms with E-state index in [1.165, 1.54) is 29.2 Å². The van der Waals surface area contributed by atoms with Crippen molar-refractivity contribution in [3.05, 3.63) is 101 Å². The lowest BCUT2D eigenvalue weighted by Gasteiger charge is -2.25. The number of aliphatic hydroxyl groups is 1. The number of aromatic hydroxyl groups is 1. The maximum absolute atomic E-state index is 14.1. The predicted octanol–water partition coefficient (Wildman–Crippen LogP) is 3.86. The molecule has 2 aromatic carbocycles. The van der Waals surface area contributed by atoms with E-state index in [4.69, 9.17) is 0 Å². The summed E-state index contributed by atoms with van der Waals surface area (Å²) < 4.78 is 14.1. The van der Waals surface area contributed by atoms with Gasteiger partial charge in [0, 0.05) is 24.5 Å². The number of phenols is 1. The number of amides is 1. The van der Waals surface area contributed by atoms with Crippen molar-refractivity contribution in [3.63, 3.8) is 0 Å². The molecule has 0 saturated carbocycles. The van der Waals surface area contributed by atoms with Crippen molar-refractivity contribution in [2.75, 3.05) is 0 Å². The third-order valence-corrected chi connectivity index (χ3v) is 5.27. The lowest BCUT2D eigenvalue weighted by molar-refractivity contribution is -0.140. The predicted molar refractivity (Wildman–Crippen MR) is 111 cm³/mol. The Balaban J connectivity index is 1.88. The number of phenolic OH excluding ortho intramolecular Hbond substituents is 1. The van der Waals surface area contributed by atoms with Gasteiger partial charge >= 0.3 is 0 Å². The van der Waals surface area contributed by atoms with Gasteiger partial charge in [-0.2, -0.15) is 0 Å². The van der Waals surface area contributed by atoms with Gasteiger partial charge in [-0.05, 0) is 53.9 Å². The van der Waals surface area contributed by atoms with Gasteiger partial charge in [0.15, 0.2) is 0 Å². The van der Waals surface area contributed by atoms with Crippen LogP contribution in [0.15, 0.2) is 72.6 Å². The fourth-order valence-corrected chi connectivity index (χ4v) is 3.67. The number of nitrogens with zero attached hydrogens (tertiary/aromatic N) is 2. The number of hydrogen-bond acceptors (Lipinski definition) is 5. The van der Waals surface area contributed by atoms with Gasteiger partial charge in [-0.15, -0.1) is 0 Å². The maximum atomic E-state index is 14.1. The van der Waals surface area contributed by atoms with E-state index in [1.54, 1.807) is 43.6 Å². The molecule has 7 heteroatoms. The molecule has 0 spiro atoms. The second-order valence-corrected chi connectivity index (χ2v) is 7.34. The summed E-state index contributed by atoms with van der Waals surface area (Å²) in [5, 5.41) is 20.9. The fraction of sp³-hybridized carbons (Fsp3) is 0.125. The second kappa shape index (κ2) is 8.02. The minimum Gasteiger partial charge on any atom is -0.508 e. The highest BCUT2D eigenvalue weighted by Crippen LogP contribution is 2.41. The zero-order valence-corrected chi connectivity index (χ0v) is 16.6. The first-order valence-corrected chi connectivity index (χ1v) is 9.59. The molecule has 1 atom stereocenters. The molecule has 4 rings (SSSR count). The van der Waals surface area contributed by atoms with Gasteiger partial charge in [0.05, 0.1) is 11.6 Å². The van der Waals surface area contributed by atoms with Crippen molar-refractivity contribution >= 4 is 17.4 Å². The van der Waals surface area contributed by atoms with Crippen molar-refractivity contribution in [3.8, 4) is 5.75 Å². The van der Waals surface area contributed by atoms with E-state index in [0.717, 1.165) is 11.6 Å². The van der Waals surface area contributed by atoms with Gasteiger partial charge in [-0.25, -0.2) is 4.39 Å². The first-order valence-electron chi connectivity index (χ1n) is 9.59. The zero-order chi connectivity index (χ0) is 22.1. The third-order valence-electron chi connectivity index (χ3n) is 5.27. The van der Waals surface area contributed by atoms with Crippen molar-refractivity contribution in [1.82, 2.24) is 9.88 Å². The lowest BCUT2D eigenvalue weighted by Crippen LogP contribution is -2.29. The topological polar surface area (TPSA) is 90.7 Å². The molecule has 0 radical (unpaired) electrons. The Morgan fingerprint density at radius 3 is 2.52 bits per heavy atom. The first-order chi connectivity index (χ1) is 14.9. The van der Waals surface area contributed by atoms with Crippen molar-refractivity contribution in [2.24, 2.45) is 0 Å². The van der Waals surface area contributed by atoms with Crippen LogP contribution in [0.25, 0.3) is 5.76 Å². The standard InChI is InChI=1S/C24H19FN2O4/c1-14-5-6-17(12-19(14)25)22(29)20-21(16-3-2-4-18(28)11-16)27(24(31)23(20)30)13-15-7-9-26-10-8-15/h2-12,21,28-29H,13H2,1H3/b22-20-. The van der Waals surface area contributed by atoms with Crippen molar-refractivity contribution < 1.29 is 24.2 Å². The Bertz CT molecular complexity index is 1210. The second-order valence-electron chi connectivity index (χ2n) is 7.34. The Labute approximate surface area is 177 Å². The Morgan fingerprint density at radius 2 is 1.84 bits per heavy atom. The SMILES string of the molecule is Cc1ccc(/C(O)=C2/C(=O)C(=O)N(Cc3ccncc3)C2c2cccc(O)c2)cc1F. The minimum atomic E-state index is -0.954. The molecule has 6 nitrogen and oxygen atoms in total. The van der Waals surface area contributed by atoms with Gasteiger partial charge in [0.25, 0.3) is 11.7 Å². The number of benzene rings is 2. The summed E-state index contributed by atoms with van der Waals surface area (Å²) in [5.41, 5.74) is 1.51. The fourth-order valence-electron chi connectivity index (χ4n) is 3.67. The number of aryl methyl sites for hydroxylation is 1. The number of likely N-dealkylation sites (tertiary alicyclic amines) is 1. The van der Waals surface area contributed by atoms with Crippen LogP contribution in [0.4, 0.5) is 4.39 Å². The van der Waals surface area contributed by atoms with Gasteiger partial charge < -0.3 is 15.1 Å². The van der Waals surface area contributed by atoms with Crippen molar-refractivity contribution in [2.45, 2.75) is 19.5 Å². The van der Waals surface area contributed by atoms with Crippen LogP contribution >= 0.6 is 0 Å². The normalized spacial score (nSPS) is 17.9. The molecule has 0 aliphatic carbocycles. The summed E-state index contributed by atoms with van der Waals surface area (Å²) >= 11 is 0. The molecule has 2 heterocycles. The molecule has 31 heavy (non-hydrogen) atoms. The Hall–Kier alpha value is -4.00. The molecule has 3 aromatic rings. The monoisotopic (exact) mass is 418 g/mol. The van der Waals surface area contributed by atoms with Crippen LogP contribution in [-0.2, 0) is 16.1 Å². The molecule has 1 aromatic heterocycles. The van der Waals surface area contributed by atoms with Crippen LogP contribution in [0, 0.1) is 12.7 Å². The zero-order valence-electron chi connectivity index (χ0n) is 16.6. The van der Waals surface area contributed by atoms with Crippen LogP contribution < -0.4 is 0 Å². The number of halogens is 1. The van der Waals surface area contributed by atoms with E-state index in [9.17, 15) is 24.2 Å². The number of aromatic nitrogens is 1. The number of pyridine rings is 1. The quantitative estimate of drug-likeness (QED) is 0.382. The smallest absolute Gasteiger partial charge is 0.295 e. The number of rotatable bonds is 4. The lowest BCUT2D eigenvalue weighted by atomic mass is 9.94. The highest BCUT2D eigenvalue weighted by Gasteiger charge is 2.46. The van der Waals surface area contributed by atoms with Gasteiger partial charge in [-0.3, -0.25) is 14.6 Å².